The molecule has 0 unspecified atom stereocenters. The molecule has 1 heterocycles. The number of aromatic nitrogens is 1. The maximum Gasteiger partial charge on any atom is 0.417 e. The Hall–Kier alpha value is -2.37. The average molecular weight is 281 g/mol. The molecule has 2 aromatic rings. The van der Waals surface area contributed by atoms with Crippen LogP contribution in [0.15, 0.2) is 42.7 Å². The summed E-state index contributed by atoms with van der Waals surface area (Å²) < 4.78 is 39.3. The highest BCUT2D eigenvalue weighted by molar-refractivity contribution is 5.78. The minimum atomic E-state index is -4.56. The van der Waals surface area contributed by atoms with Crippen molar-refractivity contribution in [2.45, 2.75) is 12.6 Å². The maximum atomic E-state index is 13.1. The Bertz CT molecular complexity index is 624. The van der Waals surface area contributed by atoms with E-state index in [1.807, 2.05) is 0 Å². The van der Waals surface area contributed by atoms with Crippen molar-refractivity contribution < 1.29 is 23.1 Å². The number of benzene rings is 1. The summed E-state index contributed by atoms with van der Waals surface area (Å²) in [6, 6.07) is 6.51. The molecule has 6 heteroatoms. The molecule has 0 aliphatic carbocycles. The normalized spacial score (nSPS) is 11.3. The Morgan fingerprint density at radius 2 is 1.95 bits per heavy atom. The molecular weight excluding hydrogens is 271 g/mol. The molecule has 0 spiro atoms. The predicted octanol–water partition coefficient (Wildman–Crippen LogP) is 3.39. The Morgan fingerprint density at radius 1 is 1.20 bits per heavy atom. The van der Waals surface area contributed by atoms with Crippen molar-refractivity contribution in [2.75, 3.05) is 0 Å². The molecule has 2 rings (SSSR count). The number of hydrogen-bond acceptors (Lipinski definition) is 2. The molecule has 104 valence electrons. The molecule has 1 N–H and O–H groups in total. The molecule has 0 aliphatic heterocycles. The van der Waals surface area contributed by atoms with Crippen LogP contribution in [-0.4, -0.2) is 16.1 Å². The number of hydrogen-bond donors (Lipinski definition) is 1. The van der Waals surface area contributed by atoms with Crippen LogP contribution in [0.3, 0.4) is 0 Å². The van der Waals surface area contributed by atoms with Gasteiger partial charge in [0.2, 0.25) is 0 Å². The van der Waals surface area contributed by atoms with Crippen LogP contribution < -0.4 is 0 Å². The molecule has 3 nitrogen and oxygen atoms in total. The van der Waals surface area contributed by atoms with E-state index >= 15 is 0 Å². The number of rotatable bonds is 3. The van der Waals surface area contributed by atoms with E-state index in [0.29, 0.717) is 0 Å². The minimum Gasteiger partial charge on any atom is -0.481 e. The molecule has 0 bridgehead atoms. The van der Waals surface area contributed by atoms with Crippen molar-refractivity contribution in [3.8, 4) is 11.1 Å². The van der Waals surface area contributed by atoms with Crippen LogP contribution in [0.4, 0.5) is 13.2 Å². The van der Waals surface area contributed by atoms with Crippen LogP contribution in [0.2, 0.25) is 0 Å². The number of aliphatic carboxylic acids is 1. The second-order valence-electron chi connectivity index (χ2n) is 4.15. The first kappa shape index (κ1) is 14.0. The van der Waals surface area contributed by atoms with Crippen LogP contribution in [0.5, 0.6) is 0 Å². The van der Waals surface area contributed by atoms with Gasteiger partial charge < -0.3 is 5.11 Å². The lowest BCUT2D eigenvalue weighted by molar-refractivity contribution is -0.138. The molecule has 0 atom stereocenters. The van der Waals surface area contributed by atoms with Gasteiger partial charge in [-0.2, -0.15) is 13.2 Å². The fraction of sp³-hybridized carbons (Fsp3) is 0.143. The number of alkyl halides is 3. The fourth-order valence-corrected chi connectivity index (χ4v) is 2.00. The first-order valence-corrected chi connectivity index (χ1v) is 5.71. The smallest absolute Gasteiger partial charge is 0.417 e. The maximum absolute atomic E-state index is 13.1. The molecule has 1 aromatic heterocycles. The number of halogens is 3. The molecule has 0 saturated carbocycles. The molecular formula is C14H10F3NO2. The van der Waals surface area contributed by atoms with Gasteiger partial charge in [-0.3, -0.25) is 9.78 Å². The summed E-state index contributed by atoms with van der Waals surface area (Å²) in [5.74, 6) is -1.19. The van der Waals surface area contributed by atoms with Crippen molar-refractivity contribution in [3.63, 3.8) is 0 Å². The Morgan fingerprint density at radius 3 is 2.50 bits per heavy atom. The highest BCUT2D eigenvalue weighted by atomic mass is 19.4. The third kappa shape index (κ3) is 2.96. The standard InChI is InChI=1S/C14H10F3NO2/c15-14(16,17)11-5-1-3-9(7-12(19)20)13(11)10-4-2-6-18-8-10/h1-6,8H,7H2,(H,19,20). The second kappa shape index (κ2) is 5.32. The summed E-state index contributed by atoms with van der Waals surface area (Å²) in [4.78, 5) is 14.6. The van der Waals surface area contributed by atoms with E-state index < -0.39 is 24.1 Å². The molecule has 0 amide bonds. The number of carboxylic acid groups (broad SMARTS) is 1. The highest BCUT2D eigenvalue weighted by Crippen LogP contribution is 2.38. The van der Waals surface area contributed by atoms with Crippen molar-refractivity contribution in [1.29, 1.82) is 0 Å². The van der Waals surface area contributed by atoms with Gasteiger partial charge in [0.25, 0.3) is 0 Å². The molecule has 0 radical (unpaired) electrons. The molecule has 1 aromatic carbocycles. The van der Waals surface area contributed by atoms with E-state index in [4.69, 9.17) is 5.11 Å². The van der Waals surface area contributed by atoms with Crippen LogP contribution >= 0.6 is 0 Å². The number of nitrogens with zero attached hydrogens (tertiary/aromatic N) is 1. The fourth-order valence-electron chi connectivity index (χ4n) is 2.00. The lowest BCUT2D eigenvalue weighted by Crippen LogP contribution is -2.11. The Kier molecular flexibility index (Phi) is 3.74. The molecule has 0 aliphatic rings. The quantitative estimate of drug-likeness (QED) is 0.938. The number of carbonyl (C=O) groups is 1. The summed E-state index contributed by atoms with van der Waals surface area (Å²) in [7, 11) is 0. The van der Waals surface area contributed by atoms with Gasteiger partial charge in [-0.25, -0.2) is 0 Å². The third-order valence-electron chi connectivity index (χ3n) is 2.75. The van der Waals surface area contributed by atoms with Crippen molar-refractivity contribution in [3.05, 3.63) is 53.9 Å². The minimum absolute atomic E-state index is 0.111. The number of pyridine rings is 1. The van der Waals surface area contributed by atoms with E-state index in [2.05, 4.69) is 4.98 Å². The monoisotopic (exact) mass is 281 g/mol. The molecule has 0 fully saturated rings. The first-order chi connectivity index (χ1) is 9.39. The SMILES string of the molecule is O=C(O)Cc1cccc(C(F)(F)F)c1-c1cccnc1. The van der Waals surface area contributed by atoms with Crippen molar-refractivity contribution in [2.24, 2.45) is 0 Å². The second-order valence-corrected chi connectivity index (χ2v) is 4.15. The number of carboxylic acids is 1. The van der Waals surface area contributed by atoms with Gasteiger partial charge in [-0.1, -0.05) is 18.2 Å². The topological polar surface area (TPSA) is 50.2 Å². The Balaban J connectivity index is 2.69. The van der Waals surface area contributed by atoms with Crippen LogP contribution in [-0.2, 0) is 17.4 Å². The average Bonchev–Trinajstić information content (AvgIpc) is 2.38. The largest absolute Gasteiger partial charge is 0.481 e. The van der Waals surface area contributed by atoms with Gasteiger partial charge in [0.1, 0.15) is 0 Å². The van der Waals surface area contributed by atoms with Gasteiger partial charge in [0.05, 0.1) is 12.0 Å². The van der Waals surface area contributed by atoms with E-state index in [1.54, 1.807) is 0 Å². The van der Waals surface area contributed by atoms with E-state index in [9.17, 15) is 18.0 Å². The van der Waals surface area contributed by atoms with Crippen LogP contribution in [0.25, 0.3) is 11.1 Å². The van der Waals surface area contributed by atoms with Gasteiger partial charge in [-0.05, 0) is 23.3 Å². The highest BCUT2D eigenvalue weighted by Gasteiger charge is 2.34. The Labute approximate surface area is 112 Å². The van der Waals surface area contributed by atoms with Gasteiger partial charge >= 0.3 is 12.1 Å². The van der Waals surface area contributed by atoms with Crippen LogP contribution in [0.1, 0.15) is 11.1 Å². The first-order valence-electron chi connectivity index (χ1n) is 5.71. The van der Waals surface area contributed by atoms with Crippen LogP contribution in [0, 0.1) is 0 Å². The molecule has 0 saturated heterocycles. The van der Waals surface area contributed by atoms with Gasteiger partial charge in [0, 0.05) is 18.0 Å². The predicted molar refractivity (Wildman–Crippen MR) is 66.0 cm³/mol. The third-order valence-corrected chi connectivity index (χ3v) is 2.75. The van der Waals surface area contributed by atoms with Crippen molar-refractivity contribution in [1.82, 2.24) is 4.98 Å². The molecule has 20 heavy (non-hydrogen) atoms. The lowest BCUT2D eigenvalue weighted by atomic mass is 9.93. The summed E-state index contributed by atoms with van der Waals surface area (Å²) in [6.45, 7) is 0. The van der Waals surface area contributed by atoms with E-state index in [1.165, 1.54) is 36.7 Å². The van der Waals surface area contributed by atoms with Gasteiger partial charge in [0.15, 0.2) is 0 Å². The summed E-state index contributed by atoms with van der Waals surface area (Å²) >= 11 is 0. The van der Waals surface area contributed by atoms with E-state index in [-0.39, 0.29) is 16.7 Å². The lowest BCUT2D eigenvalue weighted by Gasteiger charge is -2.16. The zero-order valence-corrected chi connectivity index (χ0v) is 10.2. The van der Waals surface area contributed by atoms with E-state index in [0.717, 1.165) is 6.07 Å². The zero-order chi connectivity index (χ0) is 14.8. The summed E-state index contributed by atoms with van der Waals surface area (Å²) in [5, 5.41) is 8.84. The zero-order valence-electron chi connectivity index (χ0n) is 10.2. The van der Waals surface area contributed by atoms with Crippen molar-refractivity contribution >= 4 is 5.97 Å². The summed E-state index contributed by atoms with van der Waals surface area (Å²) in [5.41, 5.74) is -0.628. The van der Waals surface area contributed by atoms with Gasteiger partial charge in [-0.15, -0.1) is 0 Å². The summed E-state index contributed by atoms with van der Waals surface area (Å²) in [6.07, 6.45) is -2.31.